The van der Waals surface area contributed by atoms with Gasteiger partial charge in [0, 0.05) is 5.92 Å². The van der Waals surface area contributed by atoms with Gasteiger partial charge in [-0.15, -0.1) is 0 Å². The van der Waals surface area contributed by atoms with Crippen molar-refractivity contribution in [2.45, 2.75) is 65.9 Å². The van der Waals surface area contributed by atoms with Crippen LogP contribution in [-0.2, 0) is 9.47 Å². The van der Waals surface area contributed by atoms with Crippen molar-refractivity contribution < 1.29 is 14.3 Å². The first kappa shape index (κ1) is 14.3. The van der Waals surface area contributed by atoms with Crippen LogP contribution < -0.4 is 0 Å². The molecule has 17 heavy (non-hydrogen) atoms. The van der Waals surface area contributed by atoms with Crippen LogP contribution in [0.1, 0.15) is 59.8 Å². The lowest BCUT2D eigenvalue weighted by Gasteiger charge is -2.41. The van der Waals surface area contributed by atoms with Crippen LogP contribution in [0, 0.1) is 11.3 Å². The Morgan fingerprint density at radius 1 is 1.24 bits per heavy atom. The van der Waals surface area contributed by atoms with Crippen molar-refractivity contribution in [3.8, 4) is 0 Å². The Morgan fingerprint density at radius 3 is 2.47 bits per heavy atom. The quantitative estimate of drug-likeness (QED) is 0.694. The van der Waals surface area contributed by atoms with Crippen molar-refractivity contribution in [1.82, 2.24) is 0 Å². The summed E-state index contributed by atoms with van der Waals surface area (Å²) < 4.78 is 10.3. The van der Waals surface area contributed by atoms with Crippen LogP contribution in [0.25, 0.3) is 0 Å². The van der Waals surface area contributed by atoms with Crippen LogP contribution in [0.2, 0.25) is 0 Å². The standard InChI is InChI=1S/C14H26O3/c1-5-14(3,4)11-9-7-8-10-12(11)17-13(15)16-6-2/h11-12H,5-10H2,1-4H3. The van der Waals surface area contributed by atoms with Gasteiger partial charge >= 0.3 is 6.16 Å². The molecule has 1 aliphatic rings. The van der Waals surface area contributed by atoms with E-state index in [9.17, 15) is 4.79 Å². The van der Waals surface area contributed by atoms with Gasteiger partial charge in [0.15, 0.2) is 0 Å². The number of rotatable bonds is 4. The molecule has 1 fully saturated rings. The van der Waals surface area contributed by atoms with Crippen molar-refractivity contribution >= 4 is 6.16 Å². The summed E-state index contributed by atoms with van der Waals surface area (Å²) in [5.41, 5.74) is 0.234. The average Bonchev–Trinajstić information content (AvgIpc) is 2.30. The molecule has 3 heteroatoms. The van der Waals surface area contributed by atoms with Gasteiger partial charge in [-0.2, -0.15) is 0 Å². The maximum absolute atomic E-state index is 11.4. The first-order chi connectivity index (χ1) is 8.01. The molecule has 0 radical (unpaired) electrons. The summed E-state index contributed by atoms with van der Waals surface area (Å²) in [7, 11) is 0. The second-order valence-electron chi connectivity index (χ2n) is 5.57. The highest BCUT2D eigenvalue weighted by atomic mass is 16.7. The smallest absolute Gasteiger partial charge is 0.435 e. The third-order valence-electron chi connectivity index (χ3n) is 4.13. The molecule has 3 nitrogen and oxygen atoms in total. The Morgan fingerprint density at radius 2 is 1.88 bits per heavy atom. The molecule has 0 saturated heterocycles. The van der Waals surface area contributed by atoms with Crippen LogP contribution in [0.4, 0.5) is 4.79 Å². The van der Waals surface area contributed by atoms with E-state index >= 15 is 0 Å². The second kappa shape index (κ2) is 6.27. The number of carbonyl (C=O) groups is 1. The maximum atomic E-state index is 11.4. The maximum Gasteiger partial charge on any atom is 0.508 e. The molecule has 2 atom stereocenters. The average molecular weight is 242 g/mol. The molecule has 0 aromatic heterocycles. The Bertz CT molecular complexity index is 248. The number of hydrogen-bond acceptors (Lipinski definition) is 3. The topological polar surface area (TPSA) is 35.5 Å². The second-order valence-corrected chi connectivity index (χ2v) is 5.57. The van der Waals surface area contributed by atoms with Gasteiger partial charge in [0.1, 0.15) is 6.10 Å². The minimum Gasteiger partial charge on any atom is -0.435 e. The summed E-state index contributed by atoms with van der Waals surface area (Å²) in [5.74, 6) is 0.464. The van der Waals surface area contributed by atoms with Crippen LogP contribution in [0.3, 0.4) is 0 Å². The molecule has 1 saturated carbocycles. The molecule has 0 aliphatic heterocycles. The van der Waals surface area contributed by atoms with Gasteiger partial charge in [-0.25, -0.2) is 4.79 Å². The molecule has 0 amide bonds. The lowest BCUT2D eigenvalue weighted by molar-refractivity contribution is -0.0429. The van der Waals surface area contributed by atoms with E-state index in [0.29, 0.717) is 12.5 Å². The van der Waals surface area contributed by atoms with Gasteiger partial charge in [0.2, 0.25) is 0 Å². The summed E-state index contributed by atoms with van der Waals surface area (Å²) in [4.78, 5) is 11.4. The zero-order valence-corrected chi connectivity index (χ0v) is 11.6. The first-order valence-electron chi connectivity index (χ1n) is 6.84. The fraction of sp³-hybridized carbons (Fsp3) is 0.929. The minimum atomic E-state index is -0.503. The Balaban J connectivity index is 2.63. The Hall–Kier alpha value is -0.730. The molecule has 2 unspecified atom stereocenters. The summed E-state index contributed by atoms with van der Waals surface area (Å²) in [6, 6.07) is 0. The molecule has 0 aromatic rings. The molecular formula is C14H26O3. The molecular weight excluding hydrogens is 216 g/mol. The summed E-state index contributed by atoms with van der Waals surface area (Å²) in [6.07, 6.45) is 5.18. The van der Waals surface area contributed by atoms with Crippen molar-refractivity contribution in [2.75, 3.05) is 6.61 Å². The lowest BCUT2D eigenvalue weighted by atomic mass is 9.68. The summed E-state index contributed by atoms with van der Waals surface area (Å²) in [5, 5.41) is 0. The molecule has 0 N–H and O–H groups in total. The molecule has 1 rings (SSSR count). The predicted molar refractivity (Wildman–Crippen MR) is 67.9 cm³/mol. The highest BCUT2D eigenvalue weighted by molar-refractivity contribution is 5.60. The van der Waals surface area contributed by atoms with E-state index < -0.39 is 6.16 Å². The third kappa shape index (κ3) is 3.90. The van der Waals surface area contributed by atoms with E-state index in [-0.39, 0.29) is 11.5 Å². The summed E-state index contributed by atoms with van der Waals surface area (Å²) >= 11 is 0. The van der Waals surface area contributed by atoms with Crippen molar-refractivity contribution in [3.05, 3.63) is 0 Å². The van der Waals surface area contributed by atoms with Gasteiger partial charge in [0.25, 0.3) is 0 Å². The number of carbonyl (C=O) groups excluding carboxylic acids is 1. The first-order valence-corrected chi connectivity index (χ1v) is 6.84. The molecule has 0 heterocycles. The van der Waals surface area contributed by atoms with Crippen molar-refractivity contribution in [3.63, 3.8) is 0 Å². The van der Waals surface area contributed by atoms with Gasteiger partial charge < -0.3 is 9.47 Å². The van der Waals surface area contributed by atoms with Crippen molar-refractivity contribution in [1.29, 1.82) is 0 Å². The zero-order chi connectivity index (χ0) is 12.9. The number of hydrogen-bond donors (Lipinski definition) is 0. The van der Waals surface area contributed by atoms with E-state index in [1.54, 1.807) is 6.92 Å². The molecule has 0 spiro atoms. The van der Waals surface area contributed by atoms with Gasteiger partial charge in [-0.1, -0.05) is 33.6 Å². The highest BCUT2D eigenvalue weighted by Crippen LogP contribution is 2.41. The monoisotopic (exact) mass is 242 g/mol. The van der Waals surface area contributed by atoms with E-state index in [4.69, 9.17) is 9.47 Å². The number of ether oxygens (including phenoxy) is 2. The highest BCUT2D eigenvalue weighted by Gasteiger charge is 2.38. The Labute approximate surface area is 105 Å². The zero-order valence-electron chi connectivity index (χ0n) is 11.6. The molecule has 0 aromatic carbocycles. The van der Waals surface area contributed by atoms with Crippen LogP contribution in [0.15, 0.2) is 0 Å². The van der Waals surface area contributed by atoms with Gasteiger partial charge in [-0.3, -0.25) is 0 Å². The van der Waals surface area contributed by atoms with Gasteiger partial charge in [0.05, 0.1) is 6.61 Å². The van der Waals surface area contributed by atoms with Crippen molar-refractivity contribution in [2.24, 2.45) is 11.3 Å². The lowest BCUT2D eigenvalue weighted by Crippen LogP contribution is -2.39. The summed E-state index contributed by atoms with van der Waals surface area (Å²) in [6.45, 7) is 8.92. The molecule has 100 valence electrons. The fourth-order valence-electron chi connectivity index (χ4n) is 2.67. The van der Waals surface area contributed by atoms with E-state index in [2.05, 4.69) is 20.8 Å². The van der Waals surface area contributed by atoms with Crippen LogP contribution >= 0.6 is 0 Å². The third-order valence-corrected chi connectivity index (χ3v) is 4.13. The van der Waals surface area contributed by atoms with Crippen LogP contribution in [0.5, 0.6) is 0 Å². The van der Waals surface area contributed by atoms with E-state index in [1.807, 2.05) is 0 Å². The fourth-order valence-corrected chi connectivity index (χ4v) is 2.67. The molecule has 0 bridgehead atoms. The minimum absolute atomic E-state index is 0.0396. The van der Waals surface area contributed by atoms with E-state index in [0.717, 1.165) is 25.7 Å². The van der Waals surface area contributed by atoms with Gasteiger partial charge in [-0.05, 0) is 31.6 Å². The van der Waals surface area contributed by atoms with E-state index in [1.165, 1.54) is 6.42 Å². The van der Waals surface area contributed by atoms with Crippen LogP contribution in [-0.4, -0.2) is 18.9 Å². The predicted octanol–water partition coefficient (Wildman–Crippen LogP) is 4.15. The SMILES string of the molecule is CCOC(=O)OC1CCCCC1C(C)(C)CC. The Kier molecular flexibility index (Phi) is 5.29. The molecule has 1 aliphatic carbocycles. The largest absolute Gasteiger partial charge is 0.508 e. The normalized spacial score (nSPS) is 25.4.